The number of piperidine rings is 1. The Balaban J connectivity index is 2.11. The molecule has 0 radical (unpaired) electrons. The van der Waals surface area contributed by atoms with Gasteiger partial charge in [-0.2, -0.15) is 0 Å². The van der Waals surface area contributed by atoms with Crippen LogP contribution in [-0.4, -0.2) is 24.4 Å². The number of nitro benzene ring substituents is 1. The lowest BCUT2D eigenvalue weighted by Gasteiger charge is -2.30. The summed E-state index contributed by atoms with van der Waals surface area (Å²) in [6.07, 6.45) is -1.89. The van der Waals surface area contributed by atoms with Gasteiger partial charge in [-0.3, -0.25) is 10.1 Å². The lowest BCUT2D eigenvalue weighted by atomic mass is 9.99. The highest BCUT2D eigenvalue weighted by Crippen LogP contribution is 2.41. The van der Waals surface area contributed by atoms with Crippen LogP contribution in [0.25, 0.3) is 11.1 Å². The summed E-state index contributed by atoms with van der Waals surface area (Å²) in [4.78, 5) is 12.6. The molecule has 0 unspecified atom stereocenters. The lowest BCUT2D eigenvalue weighted by Crippen LogP contribution is -2.30. The number of rotatable bonds is 4. The van der Waals surface area contributed by atoms with Crippen LogP contribution in [0.4, 0.5) is 24.5 Å². The molecule has 0 spiro atoms. The van der Waals surface area contributed by atoms with Crippen LogP contribution in [0.15, 0.2) is 42.5 Å². The third-order valence-electron chi connectivity index (χ3n) is 4.29. The molecule has 1 heterocycles. The normalized spacial score (nSPS) is 15.0. The molecule has 1 aliphatic heterocycles. The van der Waals surface area contributed by atoms with Gasteiger partial charge in [0, 0.05) is 36.3 Å². The van der Waals surface area contributed by atoms with Crippen molar-refractivity contribution in [3.8, 4) is 16.9 Å². The number of anilines is 1. The average Bonchev–Trinajstić information content (AvgIpc) is 2.61. The van der Waals surface area contributed by atoms with Crippen LogP contribution < -0.4 is 9.64 Å². The first-order valence-corrected chi connectivity index (χ1v) is 8.24. The molecular weight excluding hydrogens is 349 g/mol. The summed E-state index contributed by atoms with van der Waals surface area (Å²) >= 11 is 0. The van der Waals surface area contributed by atoms with Gasteiger partial charge in [-0.05, 0) is 31.4 Å². The number of nitro groups is 1. The van der Waals surface area contributed by atoms with E-state index in [1.54, 1.807) is 6.07 Å². The van der Waals surface area contributed by atoms with Crippen LogP contribution in [-0.2, 0) is 0 Å². The van der Waals surface area contributed by atoms with E-state index in [-0.39, 0.29) is 17.0 Å². The van der Waals surface area contributed by atoms with Gasteiger partial charge in [0.2, 0.25) is 0 Å². The van der Waals surface area contributed by atoms with Crippen molar-refractivity contribution in [1.29, 1.82) is 0 Å². The van der Waals surface area contributed by atoms with E-state index < -0.39 is 11.3 Å². The summed E-state index contributed by atoms with van der Waals surface area (Å²) in [5.74, 6) is -0.327. The smallest absolute Gasteiger partial charge is 0.405 e. The van der Waals surface area contributed by atoms with Gasteiger partial charge in [0.1, 0.15) is 5.75 Å². The van der Waals surface area contributed by atoms with Gasteiger partial charge in [-0.25, -0.2) is 0 Å². The number of non-ortho nitro benzene ring substituents is 1. The zero-order valence-electron chi connectivity index (χ0n) is 13.8. The number of halogens is 3. The molecule has 5 nitrogen and oxygen atoms in total. The molecule has 0 atom stereocenters. The van der Waals surface area contributed by atoms with Crippen LogP contribution in [0.5, 0.6) is 5.75 Å². The maximum Gasteiger partial charge on any atom is 0.573 e. The fraction of sp³-hybridized carbons (Fsp3) is 0.333. The fourth-order valence-corrected chi connectivity index (χ4v) is 3.16. The number of hydrogen-bond donors (Lipinski definition) is 0. The molecule has 8 heteroatoms. The molecule has 0 saturated carbocycles. The van der Waals surface area contributed by atoms with Crippen molar-refractivity contribution in [3.63, 3.8) is 0 Å². The molecule has 0 aromatic heterocycles. The quantitative estimate of drug-likeness (QED) is 0.555. The van der Waals surface area contributed by atoms with Gasteiger partial charge >= 0.3 is 6.36 Å². The maximum atomic E-state index is 12.7. The van der Waals surface area contributed by atoms with Crippen molar-refractivity contribution in [2.24, 2.45) is 0 Å². The Labute approximate surface area is 148 Å². The molecule has 1 fully saturated rings. The van der Waals surface area contributed by atoms with Gasteiger partial charge in [-0.15, -0.1) is 13.2 Å². The second-order valence-corrected chi connectivity index (χ2v) is 6.05. The highest BCUT2D eigenvalue weighted by atomic mass is 19.4. The third-order valence-corrected chi connectivity index (χ3v) is 4.29. The molecule has 3 rings (SSSR count). The maximum absolute atomic E-state index is 12.7. The number of para-hydroxylation sites is 1. The van der Waals surface area contributed by atoms with Gasteiger partial charge in [0.05, 0.1) is 10.6 Å². The predicted octanol–water partition coefficient (Wildman–Crippen LogP) is 5.15. The van der Waals surface area contributed by atoms with E-state index in [0.29, 0.717) is 24.3 Å². The Bertz CT molecular complexity index is 803. The molecule has 138 valence electrons. The predicted molar refractivity (Wildman–Crippen MR) is 91.3 cm³/mol. The minimum atomic E-state index is -4.82. The second-order valence-electron chi connectivity index (χ2n) is 6.05. The van der Waals surface area contributed by atoms with Crippen LogP contribution in [0, 0.1) is 10.1 Å². The Morgan fingerprint density at radius 1 is 1.00 bits per heavy atom. The standard InChI is InChI=1S/C18H17F3N2O3/c19-18(20,21)26-17-7-3-2-6-15(17)14-9-8-13(23(24)25)12-16(14)22-10-4-1-5-11-22/h2-3,6-9,12H,1,4-5,10-11H2. The largest absolute Gasteiger partial charge is 0.573 e. The molecular formula is C18H17F3N2O3. The number of hydrogen-bond acceptors (Lipinski definition) is 4. The molecule has 1 saturated heterocycles. The molecule has 2 aromatic rings. The Morgan fingerprint density at radius 3 is 2.35 bits per heavy atom. The minimum absolute atomic E-state index is 0.0939. The summed E-state index contributed by atoms with van der Waals surface area (Å²) in [5, 5.41) is 11.2. The first kappa shape index (κ1) is 18.0. The van der Waals surface area contributed by atoms with E-state index in [0.717, 1.165) is 19.3 Å². The molecule has 26 heavy (non-hydrogen) atoms. The van der Waals surface area contributed by atoms with Crippen molar-refractivity contribution in [2.45, 2.75) is 25.6 Å². The van der Waals surface area contributed by atoms with Crippen LogP contribution >= 0.6 is 0 Å². The van der Waals surface area contributed by atoms with E-state index in [1.165, 1.54) is 36.4 Å². The van der Waals surface area contributed by atoms with Gasteiger partial charge < -0.3 is 9.64 Å². The first-order valence-electron chi connectivity index (χ1n) is 8.24. The van der Waals surface area contributed by atoms with Gasteiger partial charge in [0.25, 0.3) is 5.69 Å². The van der Waals surface area contributed by atoms with Crippen molar-refractivity contribution in [1.82, 2.24) is 0 Å². The summed E-state index contributed by atoms with van der Waals surface area (Å²) in [5.41, 5.74) is 1.19. The Hall–Kier alpha value is -2.77. The topological polar surface area (TPSA) is 55.6 Å². The fourth-order valence-electron chi connectivity index (χ4n) is 3.16. The van der Waals surface area contributed by atoms with E-state index in [9.17, 15) is 23.3 Å². The third kappa shape index (κ3) is 4.07. The minimum Gasteiger partial charge on any atom is -0.405 e. The zero-order chi connectivity index (χ0) is 18.7. The SMILES string of the molecule is O=[N+]([O-])c1ccc(-c2ccccc2OC(F)(F)F)c(N2CCCCC2)c1. The van der Waals surface area contributed by atoms with Gasteiger partial charge in [-0.1, -0.05) is 18.2 Å². The second kappa shape index (κ2) is 7.23. The van der Waals surface area contributed by atoms with Crippen molar-refractivity contribution in [3.05, 3.63) is 52.6 Å². The summed E-state index contributed by atoms with van der Waals surface area (Å²) in [6, 6.07) is 10.0. The lowest BCUT2D eigenvalue weighted by molar-refractivity contribution is -0.384. The number of ether oxygens (including phenoxy) is 1. The van der Waals surface area contributed by atoms with Crippen molar-refractivity contribution < 1.29 is 22.8 Å². The Morgan fingerprint density at radius 2 is 1.69 bits per heavy atom. The number of nitrogens with zero attached hydrogens (tertiary/aromatic N) is 2. The number of benzene rings is 2. The van der Waals surface area contributed by atoms with Crippen molar-refractivity contribution in [2.75, 3.05) is 18.0 Å². The first-order chi connectivity index (χ1) is 12.3. The summed E-state index contributed by atoms with van der Waals surface area (Å²) < 4.78 is 42.4. The molecule has 0 amide bonds. The highest BCUT2D eigenvalue weighted by Gasteiger charge is 2.32. The highest BCUT2D eigenvalue weighted by molar-refractivity contribution is 5.84. The Kier molecular flexibility index (Phi) is 5.01. The molecule has 0 bridgehead atoms. The summed E-state index contributed by atoms with van der Waals surface area (Å²) in [7, 11) is 0. The molecule has 1 aliphatic rings. The van der Waals surface area contributed by atoms with Gasteiger partial charge in [0.15, 0.2) is 0 Å². The summed E-state index contributed by atoms with van der Waals surface area (Å²) in [6.45, 7) is 1.41. The number of alkyl halides is 3. The monoisotopic (exact) mass is 366 g/mol. The van der Waals surface area contributed by atoms with Crippen molar-refractivity contribution >= 4 is 11.4 Å². The van der Waals surface area contributed by atoms with Crippen LogP contribution in [0.1, 0.15) is 19.3 Å². The average molecular weight is 366 g/mol. The zero-order valence-corrected chi connectivity index (χ0v) is 13.8. The molecule has 0 N–H and O–H groups in total. The van der Waals surface area contributed by atoms with E-state index in [1.807, 2.05) is 4.90 Å². The molecule has 2 aromatic carbocycles. The van der Waals surface area contributed by atoms with E-state index in [2.05, 4.69) is 4.74 Å². The van der Waals surface area contributed by atoms with Crippen LogP contribution in [0.2, 0.25) is 0 Å². The van der Waals surface area contributed by atoms with E-state index in [4.69, 9.17) is 0 Å². The van der Waals surface area contributed by atoms with E-state index >= 15 is 0 Å². The van der Waals surface area contributed by atoms with Crippen LogP contribution in [0.3, 0.4) is 0 Å². The molecule has 0 aliphatic carbocycles.